The van der Waals surface area contributed by atoms with E-state index in [0.29, 0.717) is 12.2 Å². The van der Waals surface area contributed by atoms with E-state index in [1.807, 2.05) is 45.0 Å². The second-order valence-electron chi connectivity index (χ2n) is 9.01. The van der Waals surface area contributed by atoms with Gasteiger partial charge >= 0.3 is 0 Å². The Bertz CT molecular complexity index is 1040. The SMILES string of the molecule is Cc1ccc(CSC(=O)[C@@H](NC(=O)C[C@@H]2CCC(=O)N2Cc2cccc(F)c2F)C(C)C)cc1. The monoisotopic (exact) mass is 488 g/mol. The fourth-order valence-electron chi connectivity index (χ4n) is 3.95. The number of benzene rings is 2. The molecule has 2 aromatic rings. The Kier molecular flexibility index (Phi) is 8.83. The number of hydrogen-bond donors (Lipinski definition) is 1. The van der Waals surface area contributed by atoms with Crippen LogP contribution in [0, 0.1) is 24.5 Å². The molecule has 0 bridgehead atoms. The van der Waals surface area contributed by atoms with Gasteiger partial charge in [0.25, 0.3) is 0 Å². The van der Waals surface area contributed by atoms with E-state index in [-0.39, 0.29) is 47.8 Å². The summed E-state index contributed by atoms with van der Waals surface area (Å²) in [5, 5.41) is 2.71. The molecule has 0 saturated carbocycles. The van der Waals surface area contributed by atoms with E-state index in [1.54, 1.807) is 0 Å². The fraction of sp³-hybridized carbons (Fsp3) is 0.423. The minimum Gasteiger partial charge on any atom is -0.345 e. The Hall–Kier alpha value is -2.74. The number of amides is 2. The van der Waals surface area contributed by atoms with Crippen LogP contribution >= 0.6 is 11.8 Å². The summed E-state index contributed by atoms with van der Waals surface area (Å²) in [6.45, 7) is 5.64. The van der Waals surface area contributed by atoms with Crippen molar-refractivity contribution in [2.24, 2.45) is 5.92 Å². The summed E-state index contributed by atoms with van der Waals surface area (Å²) in [7, 11) is 0. The van der Waals surface area contributed by atoms with Crippen molar-refractivity contribution >= 4 is 28.7 Å². The summed E-state index contributed by atoms with van der Waals surface area (Å²) in [4.78, 5) is 39.4. The summed E-state index contributed by atoms with van der Waals surface area (Å²) in [6.07, 6.45) is 0.696. The molecule has 1 heterocycles. The van der Waals surface area contributed by atoms with Crippen LogP contribution in [0.1, 0.15) is 49.8 Å². The second kappa shape index (κ2) is 11.6. The molecule has 2 amide bonds. The number of thioether (sulfide) groups is 1. The number of aryl methyl sites for hydroxylation is 1. The van der Waals surface area contributed by atoms with Gasteiger partial charge in [-0.15, -0.1) is 0 Å². The van der Waals surface area contributed by atoms with E-state index in [9.17, 15) is 23.2 Å². The van der Waals surface area contributed by atoms with Gasteiger partial charge in [0.1, 0.15) is 6.04 Å². The van der Waals surface area contributed by atoms with E-state index in [2.05, 4.69) is 5.32 Å². The molecule has 2 aromatic carbocycles. The van der Waals surface area contributed by atoms with Crippen LogP contribution in [0.5, 0.6) is 0 Å². The highest BCUT2D eigenvalue weighted by atomic mass is 32.2. The lowest BCUT2D eigenvalue weighted by molar-refractivity contribution is -0.131. The number of carbonyl (C=O) groups is 3. The largest absolute Gasteiger partial charge is 0.345 e. The Morgan fingerprint density at radius 2 is 1.85 bits per heavy atom. The van der Waals surface area contributed by atoms with Gasteiger partial charge in [-0.3, -0.25) is 14.4 Å². The zero-order chi connectivity index (χ0) is 24.8. The molecular weight excluding hydrogens is 458 g/mol. The van der Waals surface area contributed by atoms with Crippen LogP contribution in [0.15, 0.2) is 42.5 Å². The van der Waals surface area contributed by atoms with Crippen molar-refractivity contribution < 1.29 is 23.2 Å². The van der Waals surface area contributed by atoms with Crippen molar-refractivity contribution in [2.45, 2.75) is 64.4 Å². The first kappa shape index (κ1) is 25.9. The molecule has 182 valence electrons. The number of nitrogens with zero attached hydrogens (tertiary/aromatic N) is 1. The van der Waals surface area contributed by atoms with Crippen LogP contribution in [0.2, 0.25) is 0 Å². The third-order valence-electron chi connectivity index (χ3n) is 5.98. The van der Waals surface area contributed by atoms with Crippen LogP contribution in [0.3, 0.4) is 0 Å². The lowest BCUT2D eigenvalue weighted by atomic mass is 10.0. The minimum atomic E-state index is -0.985. The van der Waals surface area contributed by atoms with Crippen LogP contribution < -0.4 is 5.32 Å². The molecular formula is C26H30F2N2O3S. The molecule has 1 aliphatic heterocycles. The second-order valence-corrected chi connectivity index (χ2v) is 9.99. The third kappa shape index (κ3) is 6.65. The molecule has 5 nitrogen and oxygen atoms in total. The predicted octanol–water partition coefficient (Wildman–Crippen LogP) is 4.76. The van der Waals surface area contributed by atoms with Crippen LogP contribution in [-0.2, 0) is 26.7 Å². The summed E-state index contributed by atoms with van der Waals surface area (Å²) in [6, 6.07) is 10.7. The number of nitrogens with one attached hydrogen (secondary N) is 1. The van der Waals surface area contributed by atoms with E-state index in [1.165, 1.54) is 28.8 Å². The molecule has 8 heteroatoms. The normalized spacial score (nSPS) is 16.7. The summed E-state index contributed by atoms with van der Waals surface area (Å²) >= 11 is 1.17. The summed E-state index contributed by atoms with van der Waals surface area (Å²) in [5.41, 5.74) is 2.25. The Morgan fingerprint density at radius 1 is 1.15 bits per heavy atom. The van der Waals surface area contributed by atoms with Gasteiger partial charge in [-0.25, -0.2) is 8.78 Å². The number of carbonyl (C=O) groups excluding carboxylic acids is 3. The van der Waals surface area contributed by atoms with Gasteiger partial charge < -0.3 is 10.2 Å². The lowest BCUT2D eigenvalue weighted by Gasteiger charge is -2.26. The van der Waals surface area contributed by atoms with Gasteiger partial charge in [0.05, 0.1) is 0 Å². The van der Waals surface area contributed by atoms with Crippen molar-refractivity contribution in [1.82, 2.24) is 10.2 Å². The molecule has 2 atom stereocenters. The maximum Gasteiger partial charge on any atom is 0.223 e. The van der Waals surface area contributed by atoms with E-state index in [4.69, 9.17) is 0 Å². The molecule has 0 aromatic heterocycles. The number of halogens is 2. The molecule has 1 N–H and O–H groups in total. The van der Waals surface area contributed by atoms with E-state index >= 15 is 0 Å². The highest BCUT2D eigenvalue weighted by Crippen LogP contribution is 2.26. The van der Waals surface area contributed by atoms with Gasteiger partial charge in [0.2, 0.25) is 16.9 Å². The van der Waals surface area contributed by atoms with Crippen LogP contribution in [0.4, 0.5) is 8.78 Å². The number of likely N-dealkylation sites (tertiary alicyclic amines) is 1. The summed E-state index contributed by atoms with van der Waals surface area (Å²) in [5.74, 6) is -2.09. The zero-order valence-corrected chi connectivity index (χ0v) is 20.5. The van der Waals surface area contributed by atoms with Crippen LogP contribution in [0.25, 0.3) is 0 Å². The molecule has 3 rings (SSSR count). The van der Waals surface area contributed by atoms with E-state index in [0.717, 1.165) is 17.2 Å². The first-order valence-corrected chi connectivity index (χ1v) is 12.4. The number of hydrogen-bond acceptors (Lipinski definition) is 4. The lowest BCUT2D eigenvalue weighted by Crippen LogP contribution is -2.45. The van der Waals surface area contributed by atoms with Crippen molar-refractivity contribution in [3.8, 4) is 0 Å². The maximum absolute atomic E-state index is 14.1. The van der Waals surface area contributed by atoms with Gasteiger partial charge in [0.15, 0.2) is 11.6 Å². The van der Waals surface area contributed by atoms with Crippen molar-refractivity contribution in [3.05, 3.63) is 70.8 Å². The van der Waals surface area contributed by atoms with Crippen molar-refractivity contribution in [1.29, 1.82) is 0 Å². The smallest absolute Gasteiger partial charge is 0.223 e. The standard InChI is InChI=1S/C26H30F2N2O3S/c1-16(2)25(26(33)34-15-18-9-7-17(3)8-10-18)29-22(31)13-20-11-12-23(32)30(20)14-19-5-4-6-21(27)24(19)28/h4-10,16,20,25H,11-15H2,1-3H3,(H,29,31)/t20-,25-/m0/s1. The third-order valence-corrected chi connectivity index (χ3v) is 7.00. The number of rotatable bonds is 9. The summed E-state index contributed by atoms with van der Waals surface area (Å²) < 4.78 is 27.7. The molecule has 1 fully saturated rings. The predicted molar refractivity (Wildman–Crippen MR) is 129 cm³/mol. The van der Waals surface area contributed by atoms with Gasteiger partial charge in [0, 0.05) is 36.7 Å². The maximum atomic E-state index is 14.1. The van der Waals surface area contributed by atoms with Gasteiger partial charge in [-0.05, 0) is 30.9 Å². The molecule has 0 aliphatic carbocycles. The van der Waals surface area contributed by atoms with Crippen LogP contribution in [-0.4, -0.2) is 33.9 Å². The Balaban J connectivity index is 1.59. The highest BCUT2D eigenvalue weighted by molar-refractivity contribution is 8.13. The van der Waals surface area contributed by atoms with E-state index < -0.39 is 23.7 Å². The molecule has 34 heavy (non-hydrogen) atoms. The topological polar surface area (TPSA) is 66.5 Å². The Morgan fingerprint density at radius 3 is 2.53 bits per heavy atom. The first-order valence-electron chi connectivity index (χ1n) is 11.4. The van der Waals surface area contributed by atoms with Gasteiger partial charge in [-0.1, -0.05) is 67.6 Å². The van der Waals surface area contributed by atoms with Crippen molar-refractivity contribution in [2.75, 3.05) is 0 Å². The Labute approximate surface area is 203 Å². The molecule has 0 unspecified atom stereocenters. The highest BCUT2D eigenvalue weighted by Gasteiger charge is 2.34. The van der Waals surface area contributed by atoms with Gasteiger partial charge in [-0.2, -0.15) is 0 Å². The first-order chi connectivity index (χ1) is 16.2. The van der Waals surface area contributed by atoms with Crippen molar-refractivity contribution in [3.63, 3.8) is 0 Å². The fourth-order valence-corrected chi connectivity index (χ4v) is 4.96. The molecule has 0 radical (unpaired) electrons. The average Bonchev–Trinajstić information content (AvgIpc) is 3.13. The molecule has 0 spiro atoms. The minimum absolute atomic E-state index is 0.00179. The quantitative estimate of drug-likeness (QED) is 0.553. The molecule has 1 aliphatic rings. The zero-order valence-electron chi connectivity index (χ0n) is 19.6. The molecule has 1 saturated heterocycles. The average molecular weight is 489 g/mol.